The van der Waals surface area contributed by atoms with Crippen molar-refractivity contribution in [3.8, 4) is 0 Å². The minimum absolute atomic E-state index is 0.161. The molecule has 0 bridgehead atoms. The topological polar surface area (TPSA) is 100 Å². The molecular weight excluding hydrogens is 256 g/mol. The zero-order valence-corrected chi connectivity index (χ0v) is 11.0. The first kappa shape index (κ1) is 14.4. The lowest BCUT2D eigenvalue weighted by atomic mass is 10.2. The average Bonchev–Trinajstić information content (AvgIpc) is 2.33. The van der Waals surface area contributed by atoms with Crippen LogP contribution in [-0.4, -0.2) is 45.7 Å². The number of carbonyl (C=O) groups excluding carboxylic acids is 1. The van der Waals surface area contributed by atoms with E-state index in [-0.39, 0.29) is 19.0 Å². The van der Waals surface area contributed by atoms with Crippen molar-refractivity contribution >= 4 is 21.7 Å². The van der Waals surface area contributed by atoms with Crippen molar-refractivity contribution in [2.24, 2.45) is 0 Å². The van der Waals surface area contributed by atoms with Gasteiger partial charge in [-0.2, -0.15) is 0 Å². The number of hydrogen-bond donors (Lipinski definition) is 3. The number of pyridine rings is 1. The fraction of sp³-hybridized carbons (Fsp3) is 0.400. The highest BCUT2D eigenvalue weighted by atomic mass is 32.2. The molecule has 0 aromatic carbocycles. The molecule has 18 heavy (non-hydrogen) atoms. The lowest BCUT2D eigenvalue weighted by Gasteiger charge is -2.06. The Morgan fingerprint density at radius 3 is 2.72 bits per heavy atom. The monoisotopic (exact) mass is 272 g/mol. The molecule has 8 heteroatoms. The van der Waals surface area contributed by atoms with E-state index in [9.17, 15) is 13.2 Å². The van der Waals surface area contributed by atoms with Crippen LogP contribution >= 0.6 is 0 Å². The van der Waals surface area contributed by atoms with E-state index in [4.69, 9.17) is 0 Å². The number of nitrogens with zero attached hydrogens (tertiary/aromatic N) is 1. The van der Waals surface area contributed by atoms with Gasteiger partial charge in [0.05, 0.1) is 6.26 Å². The Labute approximate surface area is 106 Å². The standard InChI is InChI=1S/C10H16N4O3S/c1-11-9-7-8(3-4-12-9)10(15)13-5-6-14-18(2,16)17/h3-4,7,14H,5-6H2,1-2H3,(H,11,12)(H,13,15). The van der Waals surface area contributed by atoms with Crippen molar-refractivity contribution in [3.63, 3.8) is 0 Å². The van der Waals surface area contributed by atoms with E-state index in [0.717, 1.165) is 6.26 Å². The number of sulfonamides is 1. The van der Waals surface area contributed by atoms with Crippen LogP contribution in [0.5, 0.6) is 0 Å². The second kappa shape index (κ2) is 6.31. The lowest BCUT2D eigenvalue weighted by molar-refractivity contribution is 0.0954. The zero-order chi connectivity index (χ0) is 13.6. The third-order valence-electron chi connectivity index (χ3n) is 2.05. The van der Waals surface area contributed by atoms with Crippen molar-refractivity contribution in [1.82, 2.24) is 15.0 Å². The van der Waals surface area contributed by atoms with Gasteiger partial charge in [0.15, 0.2) is 0 Å². The van der Waals surface area contributed by atoms with Gasteiger partial charge in [0.2, 0.25) is 10.0 Å². The Morgan fingerprint density at radius 2 is 2.11 bits per heavy atom. The average molecular weight is 272 g/mol. The van der Waals surface area contributed by atoms with Gasteiger partial charge in [-0.25, -0.2) is 18.1 Å². The number of rotatable bonds is 6. The number of hydrogen-bond acceptors (Lipinski definition) is 5. The van der Waals surface area contributed by atoms with Crippen molar-refractivity contribution in [1.29, 1.82) is 0 Å². The summed E-state index contributed by atoms with van der Waals surface area (Å²) in [6, 6.07) is 3.19. The van der Waals surface area contributed by atoms with E-state index in [0.29, 0.717) is 11.4 Å². The molecule has 0 unspecified atom stereocenters. The predicted octanol–water partition coefficient (Wildman–Crippen LogP) is -0.598. The summed E-state index contributed by atoms with van der Waals surface area (Å²) in [5.41, 5.74) is 0.466. The van der Waals surface area contributed by atoms with Crippen LogP contribution in [0.2, 0.25) is 0 Å². The maximum atomic E-state index is 11.7. The fourth-order valence-corrected chi connectivity index (χ4v) is 1.70. The highest BCUT2D eigenvalue weighted by molar-refractivity contribution is 7.88. The summed E-state index contributed by atoms with van der Waals surface area (Å²) >= 11 is 0. The van der Waals surface area contributed by atoms with Crippen molar-refractivity contribution in [2.45, 2.75) is 0 Å². The van der Waals surface area contributed by atoms with Gasteiger partial charge in [-0.05, 0) is 12.1 Å². The van der Waals surface area contributed by atoms with E-state index in [1.807, 2.05) is 0 Å². The van der Waals surface area contributed by atoms with E-state index in [2.05, 4.69) is 20.3 Å². The quantitative estimate of drug-likeness (QED) is 0.601. The largest absolute Gasteiger partial charge is 0.373 e. The van der Waals surface area contributed by atoms with E-state index < -0.39 is 10.0 Å². The van der Waals surface area contributed by atoms with E-state index >= 15 is 0 Å². The van der Waals surface area contributed by atoms with Crippen LogP contribution in [0.1, 0.15) is 10.4 Å². The Balaban J connectivity index is 2.45. The van der Waals surface area contributed by atoms with E-state index in [1.54, 1.807) is 19.2 Å². The van der Waals surface area contributed by atoms with Gasteiger partial charge in [-0.1, -0.05) is 0 Å². The van der Waals surface area contributed by atoms with Gasteiger partial charge < -0.3 is 10.6 Å². The molecule has 0 aliphatic heterocycles. The molecule has 1 aromatic rings. The summed E-state index contributed by atoms with van der Waals surface area (Å²) in [6.45, 7) is 0.387. The molecule has 0 saturated carbocycles. The summed E-state index contributed by atoms with van der Waals surface area (Å²) in [5.74, 6) is 0.320. The van der Waals surface area contributed by atoms with Crippen LogP contribution in [0.25, 0.3) is 0 Å². The number of nitrogens with one attached hydrogen (secondary N) is 3. The SMILES string of the molecule is CNc1cc(C(=O)NCCNS(C)(=O)=O)ccn1. The van der Waals surface area contributed by atoms with Crippen LogP contribution in [0, 0.1) is 0 Å². The van der Waals surface area contributed by atoms with Gasteiger partial charge in [0.1, 0.15) is 5.82 Å². The molecule has 1 aromatic heterocycles. The van der Waals surface area contributed by atoms with Gasteiger partial charge in [-0.15, -0.1) is 0 Å². The normalized spacial score (nSPS) is 11.0. The second-order valence-electron chi connectivity index (χ2n) is 3.60. The molecule has 0 atom stereocenters. The summed E-state index contributed by atoms with van der Waals surface area (Å²) in [6.07, 6.45) is 2.59. The third kappa shape index (κ3) is 5.11. The number of amides is 1. The molecule has 7 nitrogen and oxygen atoms in total. The minimum atomic E-state index is -3.22. The van der Waals surface area contributed by atoms with Crippen molar-refractivity contribution in [2.75, 3.05) is 31.7 Å². The predicted molar refractivity (Wildman–Crippen MR) is 69.0 cm³/mol. The molecular formula is C10H16N4O3S. The maximum Gasteiger partial charge on any atom is 0.251 e. The van der Waals surface area contributed by atoms with Crippen LogP contribution in [0.3, 0.4) is 0 Å². The van der Waals surface area contributed by atoms with Crippen LogP contribution in [0.15, 0.2) is 18.3 Å². The lowest BCUT2D eigenvalue weighted by Crippen LogP contribution is -2.34. The van der Waals surface area contributed by atoms with Crippen LogP contribution in [0.4, 0.5) is 5.82 Å². The molecule has 1 rings (SSSR count). The minimum Gasteiger partial charge on any atom is -0.373 e. The fourth-order valence-electron chi connectivity index (χ4n) is 1.22. The van der Waals surface area contributed by atoms with Crippen molar-refractivity contribution in [3.05, 3.63) is 23.9 Å². The van der Waals surface area contributed by atoms with Crippen LogP contribution in [-0.2, 0) is 10.0 Å². The smallest absolute Gasteiger partial charge is 0.251 e. The summed E-state index contributed by atoms with van der Waals surface area (Å²) in [7, 11) is -1.51. The molecule has 0 saturated heterocycles. The first-order valence-electron chi connectivity index (χ1n) is 5.29. The van der Waals surface area contributed by atoms with E-state index in [1.165, 1.54) is 6.20 Å². The second-order valence-corrected chi connectivity index (χ2v) is 5.44. The first-order chi connectivity index (χ1) is 8.42. The Kier molecular flexibility index (Phi) is 5.05. The molecule has 1 heterocycles. The van der Waals surface area contributed by atoms with Crippen LogP contribution < -0.4 is 15.4 Å². The molecule has 1 amide bonds. The molecule has 0 aliphatic rings. The maximum absolute atomic E-state index is 11.7. The highest BCUT2D eigenvalue weighted by Gasteiger charge is 2.06. The molecule has 0 spiro atoms. The highest BCUT2D eigenvalue weighted by Crippen LogP contribution is 2.05. The molecule has 0 radical (unpaired) electrons. The number of anilines is 1. The zero-order valence-electron chi connectivity index (χ0n) is 10.2. The molecule has 0 aliphatic carbocycles. The number of aromatic nitrogens is 1. The first-order valence-corrected chi connectivity index (χ1v) is 7.18. The van der Waals surface area contributed by atoms with Gasteiger partial charge in [0.25, 0.3) is 5.91 Å². The molecule has 3 N–H and O–H groups in total. The Morgan fingerprint density at radius 1 is 1.39 bits per heavy atom. The van der Waals surface area contributed by atoms with Gasteiger partial charge >= 0.3 is 0 Å². The van der Waals surface area contributed by atoms with Crippen molar-refractivity contribution < 1.29 is 13.2 Å². The summed E-state index contributed by atoms with van der Waals surface area (Å²) in [4.78, 5) is 15.7. The Bertz CT molecular complexity index is 516. The Hall–Kier alpha value is -1.67. The van der Waals surface area contributed by atoms with Gasteiger partial charge in [0, 0.05) is 31.9 Å². The molecule has 100 valence electrons. The summed E-state index contributed by atoms with van der Waals surface area (Å²) < 4.78 is 23.9. The van der Waals surface area contributed by atoms with Gasteiger partial charge in [-0.3, -0.25) is 4.79 Å². The summed E-state index contributed by atoms with van der Waals surface area (Å²) in [5, 5.41) is 5.43. The number of carbonyl (C=O) groups is 1. The third-order valence-corrected chi connectivity index (χ3v) is 2.78. The molecule has 0 fully saturated rings.